The second-order valence-electron chi connectivity index (χ2n) is 14.8. The quantitative estimate of drug-likeness (QED) is 0.173. The summed E-state index contributed by atoms with van der Waals surface area (Å²) in [4.78, 5) is 8.97. The van der Waals surface area contributed by atoms with Crippen LogP contribution in [-0.4, -0.2) is 29.0 Å². The van der Waals surface area contributed by atoms with E-state index >= 15 is 0 Å². The van der Waals surface area contributed by atoms with Gasteiger partial charge in [-0.05, 0) is 122 Å². The number of ether oxygens (including phenoxy) is 1. The summed E-state index contributed by atoms with van der Waals surface area (Å²) in [5.41, 5.74) is 4.05. The lowest BCUT2D eigenvalue weighted by molar-refractivity contribution is -0.0557. The summed E-state index contributed by atoms with van der Waals surface area (Å²) >= 11 is 0. The molecule has 1 aromatic heterocycles. The van der Waals surface area contributed by atoms with E-state index in [1.54, 1.807) is 17.8 Å². The molecule has 4 heteroatoms. The van der Waals surface area contributed by atoms with Gasteiger partial charge in [-0.15, -0.1) is 0 Å². The first kappa shape index (κ1) is 35.7. The summed E-state index contributed by atoms with van der Waals surface area (Å²) < 4.78 is 6.38. The molecule has 1 heterocycles. The highest BCUT2D eigenvalue weighted by atomic mass is 16.5. The number of aromatic nitrogens is 1. The Morgan fingerprint density at radius 3 is 2.58 bits per heavy atom. The molecule has 250 valence electrons. The van der Waals surface area contributed by atoms with Gasteiger partial charge in [0.1, 0.15) is 11.3 Å². The van der Waals surface area contributed by atoms with Crippen LogP contribution in [0.1, 0.15) is 132 Å². The van der Waals surface area contributed by atoms with Crippen LogP contribution in [0.3, 0.4) is 0 Å². The van der Waals surface area contributed by atoms with Gasteiger partial charge in [0.15, 0.2) is 0 Å². The van der Waals surface area contributed by atoms with Crippen molar-refractivity contribution in [2.24, 2.45) is 45.4 Å². The zero-order chi connectivity index (χ0) is 32.6. The first-order valence-electron chi connectivity index (χ1n) is 18.7. The number of benzene rings is 1. The molecule has 0 saturated heterocycles. The highest BCUT2D eigenvalue weighted by Crippen LogP contribution is 2.66. The number of fused-ring (bicyclic) bond motifs is 6. The SMILES string of the molecule is CC.CC.CC(C)CCCC[C@H]1CCC2C3CC=C4CC(OCC=Nc5ccc(O)c6ncccc56)CCC4(C)C3CCC21C. The minimum Gasteiger partial charge on any atom is -0.506 e. The van der Waals surface area contributed by atoms with Gasteiger partial charge in [0.2, 0.25) is 0 Å². The van der Waals surface area contributed by atoms with Crippen LogP contribution < -0.4 is 0 Å². The Balaban J connectivity index is 0.00000111. The van der Waals surface area contributed by atoms with Gasteiger partial charge in [-0.3, -0.25) is 9.98 Å². The third-order valence-electron chi connectivity index (χ3n) is 12.2. The number of rotatable bonds is 9. The number of allylic oxidation sites excluding steroid dienone is 1. The first-order chi connectivity index (χ1) is 21.8. The summed E-state index contributed by atoms with van der Waals surface area (Å²) in [5.74, 6) is 4.68. The fourth-order valence-corrected chi connectivity index (χ4v) is 9.87. The Bertz CT molecular complexity index is 1280. The maximum absolute atomic E-state index is 10.1. The van der Waals surface area contributed by atoms with Crippen LogP contribution in [0, 0.1) is 40.4 Å². The van der Waals surface area contributed by atoms with Gasteiger partial charge < -0.3 is 9.84 Å². The van der Waals surface area contributed by atoms with Gasteiger partial charge in [-0.25, -0.2) is 0 Å². The van der Waals surface area contributed by atoms with E-state index in [1.165, 1.54) is 64.2 Å². The number of aromatic hydroxyl groups is 1. The topological polar surface area (TPSA) is 54.7 Å². The van der Waals surface area contributed by atoms with Crippen LogP contribution in [-0.2, 0) is 4.74 Å². The smallest absolute Gasteiger partial charge is 0.141 e. The van der Waals surface area contributed by atoms with Crippen molar-refractivity contribution in [3.05, 3.63) is 42.1 Å². The van der Waals surface area contributed by atoms with Crippen LogP contribution in [0.5, 0.6) is 5.75 Å². The van der Waals surface area contributed by atoms with Crippen molar-refractivity contribution in [1.29, 1.82) is 0 Å². The maximum Gasteiger partial charge on any atom is 0.141 e. The van der Waals surface area contributed by atoms with Gasteiger partial charge >= 0.3 is 0 Å². The van der Waals surface area contributed by atoms with Gasteiger partial charge in [0.25, 0.3) is 0 Å². The number of hydrogen-bond acceptors (Lipinski definition) is 4. The molecule has 45 heavy (non-hydrogen) atoms. The van der Waals surface area contributed by atoms with E-state index in [0.717, 1.165) is 53.5 Å². The van der Waals surface area contributed by atoms with Crippen LogP contribution >= 0.6 is 0 Å². The molecule has 3 saturated carbocycles. The molecular formula is C41H64N2O2. The highest BCUT2D eigenvalue weighted by molar-refractivity contribution is 5.94. The van der Waals surface area contributed by atoms with Gasteiger partial charge in [0.05, 0.1) is 18.4 Å². The summed E-state index contributed by atoms with van der Waals surface area (Å²) in [6.45, 7) is 18.6. The molecule has 7 atom stereocenters. The molecule has 4 aliphatic carbocycles. The molecule has 6 unspecified atom stereocenters. The number of unbranched alkanes of at least 4 members (excludes halogenated alkanes) is 1. The molecule has 3 fully saturated rings. The van der Waals surface area contributed by atoms with Crippen molar-refractivity contribution in [1.82, 2.24) is 4.98 Å². The molecule has 6 rings (SSSR count). The van der Waals surface area contributed by atoms with Crippen molar-refractivity contribution < 1.29 is 9.84 Å². The number of pyridine rings is 1. The second kappa shape index (κ2) is 16.1. The molecule has 4 nitrogen and oxygen atoms in total. The van der Waals surface area contributed by atoms with Crippen molar-refractivity contribution in [2.75, 3.05) is 6.61 Å². The van der Waals surface area contributed by atoms with E-state index < -0.39 is 0 Å². The van der Waals surface area contributed by atoms with Crippen molar-refractivity contribution >= 4 is 22.8 Å². The van der Waals surface area contributed by atoms with E-state index in [4.69, 9.17) is 4.74 Å². The van der Waals surface area contributed by atoms with Crippen LogP contribution in [0.15, 0.2) is 47.1 Å². The third-order valence-corrected chi connectivity index (χ3v) is 12.2. The minimum absolute atomic E-state index is 0.191. The number of phenols is 1. The van der Waals surface area contributed by atoms with Crippen molar-refractivity contribution in [2.45, 2.75) is 139 Å². The molecule has 4 aliphatic rings. The fraction of sp³-hybridized carbons (Fsp3) is 0.707. The Hall–Kier alpha value is -2.20. The third kappa shape index (κ3) is 7.53. The standard InChI is InChI=1S/C37H52N2O2.2C2H6/c1-25(2)8-5-6-9-26-12-14-31-29-13-11-27-24-28(17-19-37(27,4)32(29)18-20-36(26,31)3)41-23-22-38-33-15-16-34(40)35-30(33)10-7-21-39-35;2*1-2/h7,10-11,15-16,21-22,25-26,28-29,31-32,40H,5-6,8-9,12-14,17-20,23-24H2,1-4H3;2*1-2H3/t26-,28?,29?,31?,32?,36?,37?;;/m0../s1. The molecule has 1 N–H and O–H groups in total. The molecule has 0 spiro atoms. The molecule has 1 aromatic carbocycles. The van der Waals surface area contributed by atoms with Gasteiger partial charge in [-0.2, -0.15) is 0 Å². The number of nitrogens with zero attached hydrogens (tertiary/aromatic N) is 2. The van der Waals surface area contributed by atoms with E-state index in [1.807, 2.05) is 52.1 Å². The zero-order valence-corrected chi connectivity index (χ0v) is 29.9. The Morgan fingerprint density at radius 2 is 1.80 bits per heavy atom. The lowest BCUT2D eigenvalue weighted by atomic mass is 9.47. The lowest BCUT2D eigenvalue weighted by Gasteiger charge is -2.58. The summed E-state index contributed by atoms with van der Waals surface area (Å²) in [6, 6.07) is 7.35. The van der Waals surface area contributed by atoms with Crippen LogP contribution in [0.2, 0.25) is 0 Å². The van der Waals surface area contributed by atoms with Crippen molar-refractivity contribution in [3.63, 3.8) is 0 Å². The Kier molecular flexibility index (Phi) is 12.7. The molecule has 0 bridgehead atoms. The summed E-state index contributed by atoms with van der Waals surface area (Å²) in [7, 11) is 0. The highest BCUT2D eigenvalue weighted by Gasteiger charge is 2.58. The molecular weight excluding hydrogens is 552 g/mol. The van der Waals surface area contributed by atoms with Crippen LogP contribution in [0.4, 0.5) is 5.69 Å². The van der Waals surface area contributed by atoms with Crippen LogP contribution in [0.25, 0.3) is 10.9 Å². The monoisotopic (exact) mass is 616 g/mol. The summed E-state index contributed by atoms with van der Waals surface area (Å²) in [6.07, 6.45) is 22.9. The Labute approximate surface area is 275 Å². The predicted molar refractivity (Wildman–Crippen MR) is 192 cm³/mol. The van der Waals surface area contributed by atoms with E-state index in [0.29, 0.717) is 23.0 Å². The van der Waals surface area contributed by atoms with Gasteiger partial charge in [-0.1, -0.05) is 86.3 Å². The normalized spacial score (nSPS) is 32.1. The average Bonchev–Trinajstić information content (AvgIpc) is 3.40. The Morgan fingerprint density at radius 1 is 1.00 bits per heavy atom. The van der Waals surface area contributed by atoms with E-state index in [-0.39, 0.29) is 11.9 Å². The first-order valence-corrected chi connectivity index (χ1v) is 18.7. The molecule has 0 radical (unpaired) electrons. The average molecular weight is 617 g/mol. The number of aliphatic imine (C=N–C) groups is 1. The maximum atomic E-state index is 10.1. The fourth-order valence-electron chi connectivity index (χ4n) is 9.87. The minimum atomic E-state index is 0.191. The predicted octanol–water partition coefficient (Wildman–Crippen LogP) is 11.9. The molecule has 2 aromatic rings. The number of phenolic OH excluding ortho intramolecular Hbond substituents is 1. The second-order valence-corrected chi connectivity index (χ2v) is 14.8. The van der Waals surface area contributed by atoms with E-state index in [9.17, 15) is 5.11 Å². The molecule has 0 amide bonds. The van der Waals surface area contributed by atoms with E-state index in [2.05, 4.69) is 43.7 Å². The zero-order valence-electron chi connectivity index (χ0n) is 29.9. The van der Waals surface area contributed by atoms with Crippen molar-refractivity contribution in [3.8, 4) is 5.75 Å². The number of hydrogen-bond donors (Lipinski definition) is 1. The lowest BCUT2D eigenvalue weighted by Crippen LogP contribution is -2.50. The van der Waals surface area contributed by atoms with Gasteiger partial charge in [0, 0.05) is 17.8 Å². The molecule has 0 aliphatic heterocycles. The summed E-state index contributed by atoms with van der Waals surface area (Å²) in [5, 5.41) is 11.0. The largest absolute Gasteiger partial charge is 0.506 e.